The molecule has 0 bridgehead atoms. The molecule has 1 aliphatic rings. The molecule has 2 aromatic rings. The van der Waals surface area contributed by atoms with E-state index in [1.807, 2.05) is 30.3 Å². The van der Waals surface area contributed by atoms with Crippen LogP contribution < -0.4 is 0 Å². The average molecular weight is 303 g/mol. The van der Waals surface area contributed by atoms with E-state index in [1.54, 1.807) is 11.3 Å². The second-order valence-corrected chi connectivity index (χ2v) is 6.63. The molecule has 5 heteroatoms. The van der Waals surface area contributed by atoms with Crippen molar-refractivity contribution in [2.45, 2.75) is 38.6 Å². The Labute approximate surface area is 129 Å². The van der Waals surface area contributed by atoms with Crippen LogP contribution in [0.1, 0.15) is 36.0 Å². The molecule has 3 heterocycles. The van der Waals surface area contributed by atoms with Gasteiger partial charge in [0.15, 0.2) is 0 Å². The van der Waals surface area contributed by atoms with Crippen LogP contribution in [-0.2, 0) is 11.2 Å². The highest BCUT2D eigenvalue weighted by Gasteiger charge is 2.25. The van der Waals surface area contributed by atoms with E-state index in [9.17, 15) is 4.79 Å². The third-order valence-corrected chi connectivity index (χ3v) is 5.11. The fourth-order valence-electron chi connectivity index (χ4n) is 3.02. The van der Waals surface area contributed by atoms with Crippen molar-refractivity contribution in [2.24, 2.45) is 0 Å². The molecule has 1 amide bonds. The number of carbonyl (C=O) groups is 1. The number of aromatic nitrogens is 2. The zero-order chi connectivity index (χ0) is 14.7. The van der Waals surface area contributed by atoms with E-state index >= 15 is 0 Å². The Morgan fingerprint density at radius 3 is 3.14 bits per heavy atom. The van der Waals surface area contributed by atoms with Crippen LogP contribution in [0.15, 0.2) is 29.9 Å². The number of thiophene rings is 1. The molecule has 1 unspecified atom stereocenters. The number of amides is 1. The fraction of sp³-hybridized carbons (Fsp3) is 0.500. The largest absolute Gasteiger partial charge is 0.341 e. The van der Waals surface area contributed by atoms with Gasteiger partial charge in [-0.25, -0.2) is 4.98 Å². The molecule has 0 N–H and O–H groups in total. The van der Waals surface area contributed by atoms with Crippen molar-refractivity contribution in [3.05, 3.63) is 40.6 Å². The van der Waals surface area contributed by atoms with E-state index in [2.05, 4.69) is 21.0 Å². The lowest BCUT2D eigenvalue weighted by molar-refractivity contribution is -0.132. The number of piperidine rings is 1. The number of rotatable bonds is 4. The van der Waals surface area contributed by atoms with Crippen molar-refractivity contribution in [2.75, 3.05) is 13.1 Å². The summed E-state index contributed by atoms with van der Waals surface area (Å²) in [5.41, 5.74) is 0. The molecule has 0 aromatic carbocycles. The van der Waals surface area contributed by atoms with E-state index < -0.39 is 0 Å². The van der Waals surface area contributed by atoms with Crippen LogP contribution in [0.4, 0.5) is 0 Å². The van der Waals surface area contributed by atoms with Gasteiger partial charge in [-0.1, -0.05) is 6.07 Å². The topological polar surface area (TPSA) is 38.1 Å². The minimum absolute atomic E-state index is 0.283. The highest BCUT2D eigenvalue weighted by molar-refractivity contribution is 7.09. The zero-order valence-electron chi connectivity index (χ0n) is 12.4. The first-order chi connectivity index (χ1) is 10.2. The molecule has 21 heavy (non-hydrogen) atoms. The summed E-state index contributed by atoms with van der Waals surface area (Å²) in [7, 11) is 0. The zero-order valence-corrected chi connectivity index (χ0v) is 13.2. The number of carbonyl (C=O) groups excluding carboxylic acids is 1. The van der Waals surface area contributed by atoms with Gasteiger partial charge in [0.2, 0.25) is 5.91 Å². The van der Waals surface area contributed by atoms with Gasteiger partial charge in [0, 0.05) is 36.8 Å². The summed E-state index contributed by atoms with van der Waals surface area (Å²) in [4.78, 5) is 20.0. The standard InChI is InChI=1S/C16H21N3OS/c1-13-17-8-10-19(13)14-4-2-9-18(12-14)16(20)7-6-15-5-3-11-21-15/h3,5,8,10-11,14H,2,4,6-7,9,12H2,1H3. The normalized spacial score (nSPS) is 18.9. The fourth-order valence-corrected chi connectivity index (χ4v) is 3.73. The monoisotopic (exact) mass is 303 g/mol. The molecule has 4 nitrogen and oxygen atoms in total. The Hall–Kier alpha value is -1.62. The molecule has 1 atom stereocenters. The van der Waals surface area contributed by atoms with Gasteiger partial charge in [0.25, 0.3) is 0 Å². The van der Waals surface area contributed by atoms with Crippen LogP contribution in [0.25, 0.3) is 0 Å². The van der Waals surface area contributed by atoms with Gasteiger partial charge in [-0.3, -0.25) is 4.79 Å². The molecular formula is C16H21N3OS. The van der Waals surface area contributed by atoms with E-state index in [-0.39, 0.29) is 5.91 Å². The number of nitrogens with zero attached hydrogens (tertiary/aromatic N) is 3. The molecule has 1 fully saturated rings. The Morgan fingerprint density at radius 2 is 2.43 bits per heavy atom. The van der Waals surface area contributed by atoms with Crippen LogP contribution in [0.3, 0.4) is 0 Å². The van der Waals surface area contributed by atoms with Gasteiger partial charge >= 0.3 is 0 Å². The molecular weight excluding hydrogens is 282 g/mol. The predicted molar refractivity (Wildman–Crippen MR) is 84.5 cm³/mol. The van der Waals surface area contributed by atoms with Crippen molar-refractivity contribution >= 4 is 17.2 Å². The van der Waals surface area contributed by atoms with Gasteiger partial charge in [0.1, 0.15) is 5.82 Å². The average Bonchev–Trinajstić information content (AvgIpc) is 3.16. The summed E-state index contributed by atoms with van der Waals surface area (Å²) in [6.45, 7) is 3.74. The van der Waals surface area contributed by atoms with Crippen LogP contribution in [0.5, 0.6) is 0 Å². The van der Waals surface area contributed by atoms with Crippen LogP contribution in [0, 0.1) is 6.92 Å². The third kappa shape index (κ3) is 3.35. The summed E-state index contributed by atoms with van der Waals surface area (Å²) >= 11 is 1.73. The molecule has 0 saturated carbocycles. The molecule has 0 radical (unpaired) electrons. The van der Waals surface area contributed by atoms with Crippen LogP contribution >= 0.6 is 11.3 Å². The summed E-state index contributed by atoms with van der Waals surface area (Å²) in [6.07, 6.45) is 7.56. The molecule has 1 saturated heterocycles. The van der Waals surface area contributed by atoms with E-state index in [4.69, 9.17) is 0 Å². The highest BCUT2D eigenvalue weighted by atomic mass is 32.1. The summed E-state index contributed by atoms with van der Waals surface area (Å²) in [6, 6.07) is 4.53. The lowest BCUT2D eigenvalue weighted by atomic mass is 10.0. The molecule has 1 aliphatic heterocycles. The van der Waals surface area contributed by atoms with E-state index in [0.29, 0.717) is 12.5 Å². The number of likely N-dealkylation sites (tertiary alicyclic amines) is 1. The highest BCUT2D eigenvalue weighted by Crippen LogP contribution is 2.23. The maximum absolute atomic E-state index is 12.4. The molecule has 112 valence electrons. The maximum atomic E-state index is 12.4. The SMILES string of the molecule is Cc1nccn1C1CCCN(C(=O)CCc2cccs2)C1. The first-order valence-corrected chi connectivity index (χ1v) is 8.41. The summed E-state index contributed by atoms with van der Waals surface area (Å²) in [5.74, 6) is 1.32. The van der Waals surface area contributed by atoms with Gasteiger partial charge in [0.05, 0.1) is 6.04 Å². The summed E-state index contributed by atoms with van der Waals surface area (Å²) < 4.78 is 2.21. The van der Waals surface area contributed by atoms with Crippen LogP contribution in [0.2, 0.25) is 0 Å². The maximum Gasteiger partial charge on any atom is 0.223 e. The predicted octanol–water partition coefficient (Wildman–Crippen LogP) is 3.05. The molecule has 2 aromatic heterocycles. The van der Waals surface area contributed by atoms with Crippen molar-refractivity contribution < 1.29 is 4.79 Å². The van der Waals surface area contributed by atoms with Gasteiger partial charge in [-0.15, -0.1) is 11.3 Å². The molecule has 0 spiro atoms. The van der Waals surface area contributed by atoms with Crippen molar-refractivity contribution in [3.8, 4) is 0 Å². The lowest BCUT2D eigenvalue weighted by Crippen LogP contribution is -2.40. The van der Waals surface area contributed by atoms with Crippen molar-refractivity contribution in [3.63, 3.8) is 0 Å². The van der Waals surface area contributed by atoms with Gasteiger partial charge < -0.3 is 9.47 Å². The number of aryl methyl sites for hydroxylation is 2. The van der Waals surface area contributed by atoms with Crippen molar-refractivity contribution in [1.29, 1.82) is 0 Å². The number of imidazole rings is 1. The van der Waals surface area contributed by atoms with E-state index in [0.717, 1.165) is 38.2 Å². The Bertz CT molecular complexity index is 590. The molecule has 3 rings (SSSR count). The second kappa shape index (κ2) is 6.43. The van der Waals surface area contributed by atoms with Gasteiger partial charge in [-0.05, 0) is 37.6 Å². The van der Waals surface area contributed by atoms with Gasteiger partial charge in [-0.2, -0.15) is 0 Å². The second-order valence-electron chi connectivity index (χ2n) is 5.60. The number of hydrogen-bond donors (Lipinski definition) is 0. The smallest absolute Gasteiger partial charge is 0.223 e. The summed E-state index contributed by atoms with van der Waals surface area (Å²) in [5, 5.41) is 2.07. The Kier molecular flexibility index (Phi) is 4.39. The molecule has 0 aliphatic carbocycles. The Balaban J connectivity index is 1.58. The number of hydrogen-bond acceptors (Lipinski definition) is 3. The minimum atomic E-state index is 0.283. The quantitative estimate of drug-likeness (QED) is 0.870. The van der Waals surface area contributed by atoms with Crippen molar-refractivity contribution in [1.82, 2.24) is 14.5 Å². The minimum Gasteiger partial charge on any atom is -0.341 e. The third-order valence-electron chi connectivity index (χ3n) is 4.17. The van der Waals surface area contributed by atoms with E-state index in [1.165, 1.54) is 4.88 Å². The van der Waals surface area contributed by atoms with Crippen LogP contribution in [-0.4, -0.2) is 33.4 Å². The first-order valence-electron chi connectivity index (χ1n) is 7.53. The lowest BCUT2D eigenvalue weighted by Gasteiger charge is -2.34. The first kappa shape index (κ1) is 14.3. The Morgan fingerprint density at radius 1 is 1.52 bits per heavy atom.